The molecule has 7 heteroatoms. The first-order valence-electron chi connectivity index (χ1n) is 9.30. The predicted octanol–water partition coefficient (Wildman–Crippen LogP) is 4.46. The van der Waals surface area contributed by atoms with Crippen molar-refractivity contribution in [2.75, 3.05) is 10.8 Å². The zero-order valence-electron chi connectivity index (χ0n) is 16.7. The van der Waals surface area contributed by atoms with Crippen LogP contribution < -0.4 is 9.62 Å². The van der Waals surface area contributed by atoms with Gasteiger partial charge in [-0.2, -0.15) is 0 Å². The van der Waals surface area contributed by atoms with Gasteiger partial charge in [-0.15, -0.1) is 0 Å². The van der Waals surface area contributed by atoms with Crippen molar-refractivity contribution >= 4 is 33.2 Å². The van der Waals surface area contributed by atoms with Gasteiger partial charge < -0.3 is 5.32 Å². The molecule has 0 unspecified atom stereocenters. The lowest BCUT2D eigenvalue weighted by Gasteiger charge is -2.26. The monoisotopic (exact) mass is 422 g/mol. The number of sulfonamides is 1. The van der Waals surface area contributed by atoms with E-state index in [1.54, 1.807) is 49.4 Å². The second-order valence-electron chi connectivity index (χ2n) is 7.01. The Kier molecular flexibility index (Phi) is 7.49. The van der Waals surface area contributed by atoms with Gasteiger partial charge in [0.15, 0.2) is 0 Å². The van der Waals surface area contributed by atoms with Gasteiger partial charge in [-0.05, 0) is 57.0 Å². The third kappa shape index (κ3) is 5.49. The van der Waals surface area contributed by atoms with Crippen LogP contribution in [0.4, 0.5) is 5.69 Å². The van der Waals surface area contributed by atoms with Crippen LogP contribution >= 0.6 is 11.6 Å². The fraction of sp³-hybridized carbons (Fsp3) is 0.381. The van der Waals surface area contributed by atoms with E-state index in [0.717, 1.165) is 28.3 Å². The highest BCUT2D eigenvalue weighted by atomic mass is 35.5. The Morgan fingerprint density at radius 2 is 1.79 bits per heavy atom. The minimum Gasteiger partial charge on any atom is -0.352 e. The molecule has 0 saturated heterocycles. The van der Waals surface area contributed by atoms with Crippen LogP contribution in [-0.2, 0) is 14.8 Å². The maximum Gasteiger partial charge on any atom is 0.264 e. The average Bonchev–Trinajstić information content (AvgIpc) is 2.62. The summed E-state index contributed by atoms with van der Waals surface area (Å²) in [4.78, 5) is 12.7. The van der Waals surface area contributed by atoms with Crippen LogP contribution in [0.5, 0.6) is 0 Å². The number of carbonyl (C=O) groups is 1. The first-order valence-corrected chi connectivity index (χ1v) is 11.1. The van der Waals surface area contributed by atoms with Gasteiger partial charge in [-0.1, -0.05) is 48.7 Å². The number of nitrogens with one attached hydrogen (secondary N) is 1. The number of anilines is 1. The molecule has 0 aromatic heterocycles. The van der Waals surface area contributed by atoms with Crippen LogP contribution in [0.2, 0.25) is 5.02 Å². The van der Waals surface area contributed by atoms with Crippen molar-refractivity contribution in [3.63, 3.8) is 0 Å². The molecule has 0 bridgehead atoms. The Balaban J connectivity index is 2.45. The van der Waals surface area contributed by atoms with Crippen LogP contribution in [0.1, 0.15) is 37.8 Å². The maximum absolute atomic E-state index is 13.4. The predicted molar refractivity (Wildman–Crippen MR) is 114 cm³/mol. The second kappa shape index (κ2) is 9.43. The highest BCUT2D eigenvalue weighted by Gasteiger charge is 2.28. The molecule has 2 aromatic carbocycles. The molecular formula is C21H27ClN2O3S. The Bertz CT molecular complexity index is 927. The molecular weight excluding hydrogens is 396 g/mol. The standard InChI is InChI=1S/C21H27ClN2O3S/c1-5-6-17(4)23-21(25)14-24(20-13-18(22)10-9-16(20)3)28(26,27)19-11-7-15(2)8-12-19/h7-13,17H,5-6,14H2,1-4H3,(H,23,25)/t17-/m1/s1. The summed E-state index contributed by atoms with van der Waals surface area (Å²) in [6, 6.07) is 11.6. The Morgan fingerprint density at radius 3 is 2.39 bits per heavy atom. The van der Waals surface area contributed by atoms with Gasteiger partial charge in [0.2, 0.25) is 5.91 Å². The lowest BCUT2D eigenvalue weighted by Crippen LogP contribution is -2.43. The number of benzene rings is 2. The molecule has 0 aliphatic heterocycles. The highest BCUT2D eigenvalue weighted by molar-refractivity contribution is 7.92. The zero-order chi connectivity index (χ0) is 20.9. The van der Waals surface area contributed by atoms with Gasteiger partial charge in [0, 0.05) is 11.1 Å². The number of nitrogens with zero attached hydrogens (tertiary/aromatic N) is 1. The molecule has 152 valence electrons. The Hall–Kier alpha value is -2.05. The van der Waals surface area contributed by atoms with Gasteiger partial charge in [0.1, 0.15) is 6.54 Å². The molecule has 2 aromatic rings. The molecule has 0 saturated carbocycles. The van der Waals surface area contributed by atoms with Crippen molar-refractivity contribution in [1.29, 1.82) is 0 Å². The van der Waals surface area contributed by atoms with Gasteiger partial charge in [-0.25, -0.2) is 8.42 Å². The average molecular weight is 423 g/mol. The Morgan fingerprint density at radius 1 is 1.14 bits per heavy atom. The van der Waals surface area contributed by atoms with E-state index in [9.17, 15) is 13.2 Å². The van der Waals surface area contributed by atoms with E-state index in [2.05, 4.69) is 5.32 Å². The molecule has 1 N–H and O–H groups in total. The minimum absolute atomic E-state index is 0.0260. The number of aryl methyl sites for hydroxylation is 2. The highest BCUT2D eigenvalue weighted by Crippen LogP contribution is 2.29. The summed E-state index contributed by atoms with van der Waals surface area (Å²) in [7, 11) is -3.94. The topological polar surface area (TPSA) is 66.5 Å². The van der Waals surface area contributed by atoms with Crippen LogP contribution in [0.25, 0.3) is 0 Å². The smallest absolute Gasteiger partial charge is 0.264 e. The maximum atomic E-state index is 13.4. The number of halogens is 1. The molecule has 0 aliphatic carbocycles. The van der Waals surface area contributed by atoms with Crippen LogP contribution in [0.3, 0.4) is 0 Å². The zero-order valence-corrected chi connectivity index (χ0v) is 18.3. The number of hydrogen-bond donors (Lipinski definition) is 1. The Labute approximate surface area is 172 Å². The summed E-state index contributed by atoms with van der Waals surface area (Å²) in [5.41, 5.74) is 2.07. The number of hydrogen-bond acceptors (Lipinski definition) is 3. The summed E-state index contributed by atoms with van der Waals surface area (Å²) in [6.45, 7) is 7.31. The summed E-state index contributed by atoms with van der Waals surface area (Å²) in [6.07, 6.45) is 1.76. The summed E-state index contributed by atoms with van der Waals surface area (Å²) >= 11 is 6.12. The van der Waals surface area contributed by atoms with E-state index in [1.165, 1.54) is 0 Å². The van der Waals surface area contributed by atoms with E-state index in [0.29, 0.717) is 10.7 Å². The van der Waals surface area contributed by atoms with Gasteiger partial charge in [0.25, 0.3) is 10.0 Å². The minimum atomic E-state index is -3.94. The fourth-order valence-corrected chi connectivity index (χ4v) is 4.59. The molecule has 0 heterocycles. The molecule has 0 aliphatic rings. The van der Waals surface area contributed by atoms with E-state index in [1.807, 2.05) is 20.8 Å². The molecule has 1 atom stereocenters. The summed E-state index contributed by atoms with van der Waals surface area (Å²) in [5.74, 6) is -0.351. The molecule has 5 nitrogen and oxygen atoms in total. The summed E-state index contributed by atoms with van der Waals surface area (Å²) in [5, 5.41) is 3.28. The largest absolute Gasteiger partial charge is 0.352 e. The molecule has 0 fully saturated rings. The van der Waals surface area contributed by atoms with E-state index in [-0.39, 0.29) is 23.4 Å². The fourth-order valence-electron chi connectivity index (χ4n) is 2.94. The number of carbonyl (C=O) groups excluding carboxylic acids is 1. The summed E-state index contributed by atoms with van der Waals surface area (Å²) < 4.78 is 27.8. The third-order valence-electron chi connectivity index (χ3n) is 4.47. The molecule has 0 spiro atoms. The molecule has 0 radical (unpaired) electrons. The molecule has 28 heavy (non-hydrogen) atoms. The van der Waals surface area contributed by atoms with Crippen molar-refractivity contribution < 1.29 is 13.2 Å². The quantitative estimate of drug-likeness (QED) is 0.683. The van der Waals surface area contributed by atoms with Gasteiger partial charge >= 0.3 is 0 Å². The lowest BCUT2D eigenvalue weighted by molar-refractivity contribution is -0.120. The van der Waals surface area contributed by atoms with Gasteiger partial charge in [0.05, 0.1) is 10.6 Å². The van der Waals surface area contributed by atoms with E-state index < -0.39 is 10.0 Å². The SMILES string of the molecule is CCC[C@@H](C)NC(=O)CN(c1cc(Cl)ccc1C)S(=O)(=O)c1ccc(C)cc1. The number of amides is 1. The van der Waals surface area contributed by atoms with Gasteiger partial charge in [-0.3, -0.25) is 9.10 Å². The van der Waals surface area contributed by atoms with Crippen LogP contribution in [0.15, 0.2) is 47.4 Å². The van der Waals surface area contributed by atoms with Crippen molar-refractivity contribution in [2.45, 2.75) is 51.5 Å². The van der Waals surface area contributed by atoms with Crippen molar-refractivity contribution in [2.24, 2.45) is 0 Å². The van der Waals surface area contributed by atoms with E-state index >= 15 is 0 Å². The van der Waals surface area contributed by atoms with Crippen LogP contribution in [0, 0.1) is 13.8 Å². The van der Waals surface area contributed by atoms with Crippen molar-refractivity contribution in [3.8, 4) is 0 Å². The first-order chi connectivity index (χ1) is 13.1. The number of rotatable bonds is 8. The normalized spacial score (nSPS) is 12.5. The first kappa shape index (κ1) is 22.2. The van der Waals surface area contributed by atoms with Crippen molar-refractivity contribution in [1.82, 2.24) is 5.32 Å². The van der Waals surface area contributed by atoms with E-state index in [4.69, 9.17) is 11.6 Å². The lowest BCUT2D eigenvalue weighted by atomic mass is 10.2. The van der Waals surface area contributed by atoms with Crippen LogP contribution in [-0.4, -0.2) is 26.9 Å². The third-order valence-corrected chi connectivity index (χ3v) is 6.47. The van der Waals surface area contributed by atoms with Crippen molar-refractivity contribution in [3.05, 3.63) is 58.6 Å². The molecule has 1 amide bonds. The second-order valence-corrected chi connectivity index (χ2v) is 9.31. The molecule has 2 rings (SSSR count).